The molecule has 1 unspecified atom stereocenters. The minimum Gasteiger partial charge on any atom is -0.379 e. The molecular weight excluding hydrogens is 224 g/mol. The third-order valence-corrected chi connectivity index (χ3v) is 4.13. The minimum atomic E-state index is 0.600. The summed E-state index contributed by atoms with van der Waals surface area (Å²) in [6.45, 7) is 10.1. The van der Waals surface area contributed by atoms with Crippen LogP contribution >= 0.6 is 0 Å². The Morgan fingerprint density at radius 3 is 2.67 bits per heavy atom. The topological polar surface area (TPSA) is 33.1 Å². The fraction of sp³-hybridized carbons (Fsp3) is 0.786. The summed E-state index contributed by atoms with van der Waals surface area (Å²) >= 11 is 0. The van der Waals surface area contributed by atoms with E-state index in [1.807, 2.05) is 11.7 Å². The maximum Gasteiger partial charge on any atom is 0.0827 e. The van der Waals surface area contributed by atoms with Crippen LogP contribution in [0.1, 0.15) is 37.6 Å². The summed E-state index contributed by atoms with van der Waals surface area (Å²) < 4.78 is 1.96. The van der Waals surface area contributed by atoms with Crippen molar-refractivity contribution in [3.8, 4) is 0 Å². The van der Waals surface area contributed by atoms with Gasteiger partial charge in [-0.15, -0.1) is 0 Å². The van der Waals surface area contributed by atoms with Crippen molar-refractivity contribution in [3.63, 3.8) is 0 Å². The van der Waals surface area contributed by atoms with E-state index >= 15 is 0 Å². The second-order valence-corrected chi connectivity index (χ2v) is 5.38. The fourth-order valence-corrected chi connectivity index (χ4v) is 2.80. The van der Waals surface area contributed by atoms with Gasteiger partial charge in [0.25, 0.3) is 0 Å². The van der Waals surface area contributed by atoms with Crippen molar-refractivity contribution >= 4 is 5.69 Å². The Balaban J connectivity index is 2.01. The summed E-state index contributed by atoms with van der Waals surface area (Å²) in [4.78, 5) is 2.55. The van der Waals surface area contributed by atoms with Gasteiger partial charge in [-0.25, -0.2) is 0 Å². The molecule has 2 heterocycles. The smallest absolute Gasteiger partial charge is 0.0827 e. The minimum absolute atomic E-state index is 0.600. The number of rotatable bonds is 3. The van der Waals surface area contributed by atoms with E-state index in [0.717, 1.165) is 5.69 Å². The number of likely N-dealkylation sites (tertiary alicyclic amines) is 1. The molecule has 1 saturated heterocycles. The molecule has 1 aliphatic rings. The first-order chi connectivity index (χ1) is 8.61. The van der Waals surface area contributed by atoms with Crippen LogP contribution in [0.25, 0.3) is 0 Å². The van der Waals surface area contributed by atoms with Crippen LogP contribution in [0.4, 0.5) is 5.69 Å². The molecule has 1 N–H and O–H groups in total. The molecule has 18 heavy (non-hydrogen) atoms. The molecule has 4 heteroatoms. The summed E-state index contributed by atoms with van der Waals surface area (Å²) in [5, 5.41) is 8.19. The molecule has 1 aliphatic heterocycles. The Morgan fingerprint density at radius 2 is 2.06 bits per heavy atom. The van der Waals surface area contributed by atoms with E-state index in [1.165, 1.54) is 50.3 Å². The lowest BCUT2D eigenvalue weighted by Gasteiger charge is -2.19. The van der Waals surface area contributed by atoms with Crippen molar-refractivity contribution in [1.29, 1.82) is 0 Å². The van der Waals surface area contributed by atoms with Crippen LogP contribution in [0.3, 0.4) is 0 Å². The average Bonchev–Trinajstić information content (AvgIpc) is 2.57. The van der Waals surface area contributed by atoms with Crippen LogP contribution in [0.5, 0.6) is 0 Å². The van der Waals surface area contributed by atoms with Crippen molar-refractivity contribution in [2.45, 2.75) is 46.1 Å². The molecule has 102 valence electrons. The predicted octanol–water partition coefficient (Wildman–Crippen LogP) is 2.32. The number of aromatic nitrogens is 2. The molecule has 2 rings (SSSR count). The van der Waals surface area contributed by atoms with E-state index in [0.29, 0.717) is 6.04 Å². The van der Waals surface area contributed by atoms with Crippen molar-refractivity contribution in [2.24, 2.45) is 7.05 Å². The van der Waals surface area contributed by atoms with E-state index in [1.54, 1.807) is 0 Å². The maximum atomic E-state index is 4.47. The van der Waals surface area contributed by atoms with Gasteiger partial charge in [0.1, 0.15) is 0 Å². The monoisotopic (exact) mass is 250 g/mol. The van der Waals surface area contributed by atoms with E-state index in [2.05, 4.69) is 36.1 Å². The van der Waals surface area contributed by atoms with Gasteiger partial charge in [0.2, 0.25) is 0 Å². The largest absolute Gasteiger partial charge is 0.379 e. The van der Waals surface area contributed by atoms with Crippen molar-refractivity contribution in [2.75, 3.05) is 25.0 Å². The Bertz CT molecular complexity index is 397. The highest BCUT2D eigenvalue weighted by atomic mass is 15.3. The van der Waals surface area contributed by atoms with Crippen LogP contribution in [0.2, 0.25) is 0 Å². The molecule has 1 fully saturated rings. The lowest BCUT2D eigenvalue weighted by molar-refractivity contribution is 0.300. The number of nitrogens with one attached hydrogen (secondary N) is 1. The zero-order valence-corrected chi connectivity index (χ0v) is 12.2. The second kappa shape index (κ2) is 5.74. The van der Waals surface area contributed by atoms with E-state index < -0.39 is 0 Å². The molecule has 0 aromatic carbocycles. The molecule has 4 nitrogen and oxygen atoms in total. The number of aryl methyl sites for hydroxylation is 2. The summed E-state index contributed by atoms with van der Waals surface area (Å²) in [7, 11) is 2.01. The number of hydrogen-bond acceptors (Lipinski definition) is 3. The van der Waals surface area contributed by atoms with Gasteiger partial charge >= 0.3 is 0 Å². The van der Waals surface area contributed by atoms with Crippen LogP contribution in [-0.2, 0) is 7.05 Å². The maximum absolute atomic E-state index is 4.47. The SMILES string of the molecule is CCN1CCCC(Nc2c(C)nn(C)c2C)CC1. The molecule has 1 aromatic heterocycles. The first kappa shape index (κ1) is 13.4. The molecule has 0 spiro atoms. The summed E-state index contributed by atoms with van der Waals surface area (Å²) in [5.41, 5.74) is 3.60. The summed E-state index contributed by atoms with van der Waals surface area (Å²) in [5.74, 6) is 0. The number of anilines is 1. The van der Waals surface area contributed by atoms with Crippen molar-refractivity contribution in [1.82, 2.24) is 14.7 Å². The zero-order chi connectivity index (χ0) is 13.1. The quantitative estimate of drug-likeness (QED) is 0.894. The predicted molar refractivity (Wildman–Crippen MR) is 76.1 cm³/mol. The van der Waals surface area contributed by atoms with Gasteiger partial charge in [0.15, 0.2) is 0 Å². The van der Waals surface area contributed by atoms with Crippen LogP contribution < -0.4 is 5.32 Å². The van der Waals surface area contributed by atoms with Crippen LogP contribution in [-0.4, -0.2) is 40.4 Å². The molecule has 0 aliphatic carbocycles. The lowest BCUT2D eigenvalue weighted by atomic mass is 10.1. The molecule has 1 aromatic rings. The number of hydrogen-bond donors (Lipinski definition) is 1. The molecule has 0 amide bonds. The zero-order valence-electron chi connectivity index (χ0n) is 12.2. The first-order valence-electron chi connectivity index (χ1n) is 7.11. The van der Waals surface area contributed by atoms with E-state index in [-0.39, 0.29) is 0 Å². The molecule has 0 bridgehead atoms. The van der Waals surface area contributed by atoms with Crippen molar-refractivity contribution < 1.29 is 0 Å². The van der Waals surface area contributed by atoms with Crippen LogP contribution in [0.15, 0.2) is 0 Å². The Hall–Kier alpha value is -1.03. The molecule has 0 saturated carbocycles. The van der Waals surface area contributed by atoms with Gasteiger partial charge in [-0.3, -0.25) is 4.68 Å². The number of nitrogens with zero attached hydrogens (tertiary/aromatic N) is 3. The van der Waals surface area contributed by atoms with Gasteiger partial charge < -0.3 is 10.2 Å². The molecule has 1 atom stereocenters. The van der Waals surface area contributed by atoms with Gasteiger partial charge in [-0.2, -0.15) is 5.10 Å². The first-order valence-corrected chi connectivity index (χ1v) is 7.11. The van der Waals surface area contributed by atoms with Gasteiger partial charge in [-0.05, 0) is 46.2 Å². The lowest BCUT2D eigenvalue weighted by Crippen LogP contribution is -2.26. The van der Waals surface area contributed by atoms with Gasteiger partial charge in [0, 0.05) is 19.6 Å². The third-order valence-electron chi connectivity index (χ3n) is 4.13. The molecular formula is C14H26N4. The fourth-order valence-electron chi connectivity index (χ4n) is 2.80. The highest BCUT2D eigenvalue weighted by Crippen LogP contribution is 2.22. The highest BCUT2D eigenvalue weighted by Gasteiger charge is 2.18. The Kier molecular flexibility index (Phi) is 4.27. The van der Waals surface area contributed by atoms with Crippen molar-refractivity contribution in [3.05, 3.63) is 11.4 Å². The second-order valence-electron chi connectivity index (χ2n) is 5.38. The summed E-state index contributed by atoms with van der Waals surface area (Å²) in [6, 6.07) is 0.600. The third kappa shape index (κ3) is 2.86. The Morgan fingerprint density at radius 1 is 1.28 bits per heavy atom. The van der Waals surface area contributed by atoms with Crippen LogP contribution in [0, 0.1) is 13.8 Å². The van der Waals surface area contributed by atoms with E-state index in [4.69, 9.17) is 0 Å². The standard InChI is InChI=1S/C14H26N4/c1-5-18-9-6-7-13(8-10-18)15-14-11(2)16-17(4)12(14)3/h13,15H,5-10H2,1-4H3. The summed E-state index contributed by atoms with van der Waals surface area (Å²) in [6.07, 6.45) is 3.80. The van der Waals surface area contributed by atoms with E-state index in [9.17, 15) is 0 Å². The Labute approximate surface area is 110 Å². The molecule has 0 radical (unpaired) electrons. The van der Waals surface area contributed by atoms with Gasteiger partial charge in [-0.1, -0.05) is 6.92 Å². The van der Waals surface area contributed by atoms with Gasteiger partial charge in [0.05, 0.1) is 17.1 Å². The highest BCUT2D eigenvalue weighted by molar-refractivity contribution is 5.52. The normalized spacial score (nSPS) is 21.9. The average molecular weight is 250 g/mol.